The highest BCUT2D eigenvalue weighted by molar-refractivity contribution is 7.90. The smallest absolute Gasteiger partial charge is 0.264 e. The van der Waals surface area contributed by atoms with E-state index in [1.165, 1.54) is 24.8 Å². The molecule has 250 valence electrons. The fraction of sp³-hybridized carbons (Fsp3) is 0.568. The third kappa shape index (κ3) is 4.92. The molecular weight excluding hydrogens is 614 g/mol. The van der Waals surface area contributed by atoms with Crippen LogP contribution < -0.4 is 9.46 Å². The number of nitrogens with zero attached hydrogens (tertiary/aromatic N) is 2. The van der Waals surface area contributed by atoms with Crippen LogP contribution in [0.1, 0.15) is 105 Å². The highest BCUT2D eigenvalue weighted by Crippen LogP contribution is 2.66. The molecule has 0 spiro atoms. The van der Waals surface area contributed by atoms with E-state index in [2.05, 4.69) is 26.3 Å². The van der Waals surface area contributed by atoms with Gasteiger partial charge in [0.2, 0.25) is 15.9 Å². The van der Waals surface area contributed by atoms with E-state index >= 15 is 0 Å². The molecule has 8 rings (SSSR count). The van der Waals surface area contributed by atoms with E-state index in [1.54, 1.807) is 27.0 Å². The Morgan fingerprint density at radius 1 is 0.979 bits per heavy atom. The number of benzene rings is 2. The van der Waals surface area contributed by atoms with Gasteiger partial charge in [0, 0.05) is 34.5 Å². The Kier molecular flexibility index (Phi) is 7.48. The molecule has 4 atom stereocenters. The van der Waals surface area contributed by atoms with Gasteiger partial charge in [-0.25, -0.2) is 13.1 Å². The molecule has 4 fully saturated rings. The molecule has 2 aliphatic carbocycles. The normalized spacial score (nSPS) is 27.1. The van der Waals surface area contributed by atoms with Gasteiger partial charge in [-0.1, -0.05) is 25.3 Å². The molecule has 2 amide bonds. The van der Waals surface area contributed by atoms with Gasteiger partial charge in [-0.3, -0.25) is 9.59 Å². The van der Waals surface area contributed by atoms with E-state index < -0.39 is 26.6 Å². The fourth-order valence-electron chi connectivity index (χ4n) is 9.15. The van der Waals surface area contributed by atoms with Crippen molar-refractivity contribution in [1.29, 1.82) is 0 Å². The van der Waals surface area contributed by atoms with Crippen LogP contribution in [0.4, 0.5) is 0 Å². The Labute approximate surface area is 277 Å². The molecule has 10 heteroatoms. The minimum absolute atomic E-state index is 0.0560. The van der Waals surface area contributed by atoms with E-state index in [1.807, 2.05) is 18.2 Å². The third-order valence-corrected chi connectivity index (χ3v) is 13.5. The minimum atomic E-state index is -3.80. The first kappa shape index (κ1) is 30.9. The molecule has 9 nitrogen and oxygen atoms in total. The Morgan fingerprint density at radius 3 is 2.43 bits per heavy atom. The Bertz CT molecular complexity index is 1850. The van der Waals surface area contributed by atoms with Crippen LogP contribution in [-0.2, 0) is 26.1 Å². The Hall–Kier alpha value is -3.37. The van der Waals surface area contributed by atoms with Crippen LogP contribution in [0.2, 0.25) is 0 Å². The molecule has 3 aliphatic heterocycles. The van der Waals surface area contributed by atoms with E-state index in [0.717, 1.165) is 72.0 Å². The number of carbonyl (C=O) groups is 2. The number of morpholine rings is 1. The molecule has 1 N–H and O–H groups in total. The van der Waals surface area contributed by atoms with Crippen molar-refractivity contribution in [1.82, 2.24) is 14.2 Å². The molecule has 4 heterocycles. The van der Waals surface area contributed by atoms with Gasteiger partial charge in [0.05, 0.1) is 48.8 Å². The summed E-state index contributed by atoms with van der Waals surface area (Å²) in [5.74, 6) is 0.790. The topological polar surface area (TPSA) is 107 Å². The van der Waals surface area contributed by atoms with Gasteiger partial charge in [-0.2, -0.15) is 0 Å². The van der Waals surface area contributed by atoms with Crippen LogP contribution in [0.15, 0.2) is 36.4 Å². The van der Waals surface area contributed by atoms with Crippen LogP contribution >= 0.6 is 0 Å². The van der Waals surface area contributed by atoms with Crippen LogP contribution in [0.5, 0.6) is 5.75 Å². The first-order valence-corrected chi connectivity index (χ1v) is 19.0. The minimum Gasteiger partial charge on any atom is -0.497 e. The predicted molar refractivity (Wildman–Crippen MR) is 180 cm³/mol. The first-order chi connectivity index (χ1) is 22.6. The van der Waals surface area contributed by atoms with Crippen molar-refractivity contribution in [2.75, 3.05) is 20.3 Å². The molecule has 2 bridgehead atoms. The van der Waals surface area contributed by atoms with Crippen LogP contribution in [0.3, 0.4) is 0 Å². The number of sulfonamides is 1. The second-order valence-corrected chi connectivity index (χ2v) is 17.0. The van der Waals surface area contributed by atoms with E-state index in [4.69, 9.17) is 9.47 Å². The maximum absolute atomic E-state index is 15.0. The molecule has 0 radical (unpaired) electrons. The summed E-state index contributed by atoms with van der Waals surface area (Å²) in [7, 11) is -2.11. The summed E-state index contributed by atoms with van der Waals surface area (Å²) in [6.07, 6.45) is 9.57. The fourth-order valence-corrected chi connectivity index (χ4v) is 9.76. The lowest BCUT2D eigenvalue weighted by Gasteiger charge is -2.47. The number of hydrogen-bond donors (Lipinski definition) is 1. The summed E-state index contributed by atoms with van der Waals surface area (Å²) < 4.78 is 41.6. The number of carbonyl (C=O) groups excluding carboxylic acids is 2. The van der Waals surface area contributed by atoms with E-state index in [-0.39, 0.29) is 23.9 Å². The van der Waals surface area contributed by atoms with Crippen molar-refractivity contribution in [2.45, 2.75) is 107 Å². The number of fused-ring (bicyclic) bond motifs is 9. The molecule has 1 aromatic heterocycles. The molecule has 2 saturated heterocycles. The number of hydrogen-bond acceptors (Lipinski definition) is 6. The molecule has 2 saturated carbocycles. The molecule has 47 heavy (non-hydrogen) atoms. The first-order valence-electron chi connectivity index (χ1n) is 17.4. The highest BCUT2D eigenvalue weighted by Gasteiger charge is 2.65. The largest absolute Gasteiger partial charge is 0.497 e. The number of aromatic nitrogens is 1. The Balaban J connectivity index is 1.33. The second kappa shape index (κ2) is 11.4. The van der Waals surface area contributed by atoms with Gasteiger partial charge < -0.3 is 18.9 Å². The lowest BCUT2D eigenvalue weighted by atomic mass is 9.81. The number of nitrogens with one attached hydrogen (secondary N) is 1. The van der Waals surface area contributed by atoms with Gasteiger partial charge in [-0.15, -0.1) is 0 Å². The Morgan fingerprint density at radius 2 is 1.72 bits per heavy atom. The maximum atomic E-state index is 15.0. The average Bonchev–Trinajstić information content (AvgIpc) is 3.73. The zero-order valence-corrected chi connectivity index (χ0v) is 28.4. The molecule has 2 aromatic carbocycles. The lowest BCUT2D eigenvalue weighted by molar-refractivity contribution is -0.157. The number of piperidine rings is 1. The molecular formula is C37H45N3O6S. The zero-order chi connectivity index (χ0) is 32.7. The average molecular weight is 660 g/mol. The van der Waals surface area contributed by atoms with Gasteiger partial charge in [0.25, 0.3) is 5.91 Å². The molecule has 3 aromatic rings. The van der Waals surface area contributed by atoms with Crippen LogP contribution in [-0.4, -0.2) is 67.4 Å². The van der Waals surface area contributed by atoms with E-state index in [9.17, 15) is 18.0 Å². The summed E-state index contributed by atoms with van der Waals surface area (Å²) in [6, 6.07) is 12.1. The summed E-state index contributed by atoms with van der Waals surface area (Å²) in [5.41, 5.74) is 5.29. The van der Waals surface area contributed by atoms with Crippen molar-refractivity contribution in [2.24, 2.45) is 5.41 Å². The highest BCUT2D eigenvalue weighted by atomic mass is 32.2. The number of rotatable bonds is 6. The summed E-state index contributed by atoms with van der Waals surface area (Å²) >= 11 is 0. The lowest BCUT2D eigenvalue weighted by Crippen LogP contribution is -2.59. The number of ether oxygens (including phenoxy) is 2. The van der Waals surface area contributed by atoms with Crippen molar-refractivity contribution < 1.29 is 27.5 Å². The summed E-state index contributed by atoms with van der Waals surface area (Å²) in [5, 5.41) is 0.352. The van der Waals surface area contributed by atoms with Crippen molar-refractivity contribution in [3.63, 3.8) is 0 Å². The van der Waals surface area contributed by atoms with Gasteiger partial charge in [0.15, 0.2) is 0 Å². The van der Waals surface area contributed by atoms with Crippen molar-refractivity contribution in [3.05, 3.63) is 53.1 Å². The summed E-state index contributed by atoms with van der Waals surface area (Å²) in [4.78, 5) is 30.6. The maximum Gasteiger partial charge on any atom is 0.264 e. The van der Waals surface area contributed by atoms with Crippen molar-refractivity contribution >= 4 is 32.7 Å². The zero-order valence-electron chi connectivity index (χ0n) is 27.6. The molecule has 5 aliphatic rings. The van der Waals surface area contributed by atoms with Crippen molar-refractivity contribution in [3.8, 4) is 17.0 Å². The monoisotopic (exact) mass is 659 g/mol. The van der Waals surface area contributed by atoms with Crippen LogP contribution in [0, 0.1) is 5.41 Å². The molecule has 3 unspecified atom stereocenters. The number of amides is 2. The van der Waals surface area contributed by atoms with Gasteiger partial charge in [0.1, 0.15) is 5.75 Å². The van der Waals surface area contributed by atoms with Crippen LogP contribution in [0.25, 0.3) is 22.2 Å². The predicted octanol–water partition coefficient (Wildman–Crippen LogP) is 6.10. The van der Waals surface area contributed by atoms with Gasteiger partial charge in [-0.05, 0) is 99.7 Å². The number of methoxy groups -OCH3 is 1. The SMILES string of the molecule is COc1ccc2c(c1)C1CC1(C(=O)N1C3CCC[C@@H]1COC3)Cn1c-2c(C2CCCCC2)c2ccc(C(=O)NS(=O)(=O)C(C)C)cc21. The standard InChI is InChI=1S/C37H45N3O6S/c1-22(2)47(43,44)38-35(41)24-12-14-29-32(16-24)39-21-37(36(42)40-25-10-7-11-26(40)20-46-19-25)18-31(37)30-17-27(45-3)13-15-28(30)34(39)33(29)23-8-5-4-6-9-23/h12-17,22-23,25-26,31H,4-11,18-21H2,1-3H3,(H,38,41)/t25-,26?,31?,37?/m1/s1. The third-order valence-electron chi connectivity index (χ3n) is 11.8. The second-order valence-electron chi connectivity index (χ2n) is 14.8. The summed E-state index contributed by atoms with van der Waals surface area (Å²) in [6.45, 7) is 4.81. The van der Waals surface area contributed by atoms with Gasteiger partial charge >= 0.3 is 0 Å². The quantitative estimate of drug-likeness (QED) is 0.343. The van der Waals surface area contributed by atoms with E-state index in [0.29, 0.717) is 31.2 Å².